The van der Waals surface area contributed by atoms with Crippen LogP contribution in [0.2, 0.25) is 0 Å². The maximum absolute atomic E-state index is 10.5. The van der Waals surface area contributed by atoms with Crippen LogP contribution in [-0.2, 0) is 4.79 Å². The van der Waals surface area contributed by atoms with E-state index in [1.165, 1.54) is 4.70 Å². The zero-order chi connectivity index (χ0) is 9.26. The van der Waals surface area contributed by atoms with Gasteiger partial charge in [-0.1, -0.05) is 18.2 Å². The van der Waals surface area contributed by atoms with E-state index in [2.05, 4.69) is 0 Å². The van der Waals surface area contributed by atoms with Crippen LogP contribution in [0.25, 0.3) is 10.1 Å². The maximum Gasteiger partial charge on any atom is 0.142 e. The topological polar surface area (TPSA) is 43.1 Å². The van der Waals surface area contributed by atoms with Crippen LogP contribution < -0.4 is 5.73 Å². The second-order valence-corrected chi connectivity index (χ2v) is 3.96. The number of nitrogens with two attached hydrogens (primary N) is 1. The van der Waals surface area contributed by atoms with Crippen LogP contribution in [0.3, 0.4) is 0 Å². The average molecular weight is 191 g/mol. The van der Waals surface area contributed by atoms with Gasteiger partial charge in [0.2, 0.25) is 0 Å². The fourth-order valence-electron chi connectivity index (χ4n) is 1.23. The van der Waals surface area contributed by atoms with Gasteiger partial charge in [-0.05, 0) is 17.5 Å². The van der Waals surface area contributed by atoms with Crippen LogP contribution in [0.5, 0.6) is 0 Å². The van der Waals surface area contributed by atoms with Crippen molar-refractivity contribution in [3.8, 4) is 0 Å². The van der Waals surface area contributed by atoms with Gasteiger partial charge in [-0.3, -0.25) is 0 Å². The second kappa shape index (κ2) is 3.28. The van der Waals surface area contributed by atoms with Crippen molar-refractivity contribution in [1.29, 1.82) is 0 Å². The molecule has 0 bridgehead atoms. The number of thiophene rings is 1. The van der Waals surface area contributed by atoms with Gasteiger partial charge in [0, 0.05) is 9.58 Å². The highest BCUT2D eigenvalue weighted by Gasteiger charge is 2.07. The van der Waals surface area contributed by atoms with E-state index in [0.717, 1.165) is 16.5 Å². The number of fused-ring (bicyclic) bond motifs is 1. The number of carbonyl (C=O) groups excluding carboxylic acids is 1. The summed E-state index contributed by atoms with van der Waals surface area (Å²) < 4.78 is 1.18. The van der Waals surface area contributed by atoms with Crippen LogP contribution in [0.1, 0.15) is 10.9 Å². The molecule has 2 N–H and O–H groups in total. The lowest BCUT2D eigenvalue weighted by Gasteiger charge is -1.95. The summed E-state index contributed by atoms with van der Waals surface area (Å²) in [7, 11) is 0. The van der Waals surface area contributed by atoms with Crippen molar-refractivity contribution in [1.82, 2.24) is 0 Å². The number of aldehydes is 1. The molecule has 2 rings (SSSR count). The van der Waals surface area contributed by atoms with Crippen molar-refractivity contribution in [2.75, 3.05) is 0 Å². The van der Waals surface area contributed by atoms with E-state index in [1.54, 1.807) is 11.3 Å². The van der Waals surface area contributed by atoms with Crippen LogP contribution in [0.4, 0.5) is 0 Å². The van der Waals surface area contributed by atoms with Gasteiger partial charge >= 0.3 is 0 Å². The molecule has 0 aliphatic rings. The molecule has 0 aliphatic heterocycles. The average Bonchev–Trinajstić information content (AvgIpc) is 2.59. The SMILES string of the molecule is NC(C=O)c1cc2ccccc2s1. The number of benzene rings is 1. The van der Waals surface area contributed by atoms with Gasteiger partial charge in [0.1, 0.15) is 6.29 Å². The minimum absolute atomic E-state index is 0.475. The molecule has 1 aromatic heterocycles. The van der Waals surface area contributed by atoms with Crippen molar-refractivity contribution in [2.24, 2.45) is 5.73 Å². The van der Waals surface area contributed by atoms with Crippen molar-refractivity contribution in [3.05, 3.63) is 35.2 Å². The van der Waals surface area contributed by atoms with Gasteiger partial charge in [-0.25, -0.2) is 0 Å². The van der Waals surface area contributed by atoms with E-state index < -0.39 is 6.04 Å². The Hall–Kier alpha value is -1.19. The number of hydrogen-bond donors (Lipinski definition) is 1. The largest absolute Gasteiger partial charge is 0.317 e. The van der Waals surface area contributed by atoms with Crippen molar-refractivity contribution < 1.29 is 4.79 Å². The van der Waals surface area contributed by atoms with Gasteiger partial charge < -0.3 is 10.5 Å². The third-order valence-electron chi connectivity index (χ3n) is 1.92. The summed E-state index contributed by atoms with van der Waals surface area (Å²) in [5.74, 6) is 0. The molecule has 1 unspecified atom stereocenters. The third kappa shape index (κ3) is 1.48. The highest BCUT2D eigenvalue weighted by atomic mass is 32.1. The summed E-state index contributed by atoms with van der Waals surface area (Å²) in [6.45, 7) is 0. The van der Waals surface area contributed by atoms with Crippen LogP contribution in [-0.4, -0.2) is 6.29 Å². The smallest absolute Gasteiger partial charge is 0.142 e. The Morgan fingerprint density at radius 2 is 2.15 bits per heavy atom. The first kappa shape index (κ1) is 8.41. The Morgan fingerprint density at radius 1 is 1.38 bits per heavy atom. The van der Waals surface area contributed by atoms with E-state index in [0.29, 0.717) is 0 Å². The minimum atomic E-state index is -0.475. The Bertz CT molecular complexity index is 402. The molecule has 13 heavy (non-hydrogen) atoms. The molecule has 1 heterocycles. The lowest BCUT2D eigenvalue weighted by Crippen LogP contribution is -2.08. The summed E-state index contributed by atoms with van der Waals surface area (Å²) in [5.41, 5.74) is 5.60. The molecule has 0 saturated heterocycles. The molecule has 0 spiro atoms. The zero-order valence-corrected chi connectivity index (χ0v) is 7.75. The molecular weight excluding hydrogens is 182 g/mol. The minimum Gasteiger partial charge on any atom is -0.317 e. The molecule has 0 radical (unpaired) electrons. The molecule has 2 aromatic rings. The summed E-state index contributed by atoms with van der Waals surface area (Å²) in [6, 6.07) is 9.50. The van der Waals surface area contributed by atoms with Crippen LogP contribution >= 0.6 is 11.3 Å². The normalized spacial score (nSPS) is 13.0. The standard InChI is InChI=1S/C10H9NOS/c11-8(6-12)10-5-7-3-1-2-4-9(7)13-10/h1-6,8H,11H2. The fourth-order valence-corrected chi connectivity index (χ4v) is 2.26. The molecule has 0 amide bonds. The Labute approximate surface area is 80.0 Å². The first-order valence-corrected chi connectivity index (χ1v) is 4.82. The van der Waals surface area contributed by atoms with Crippen molar-refractivity contribution >= 4 is 27.7 Å². The summed E-state index contributed by atoms with van der Waals surface area (Å²) in [4.78, 5) is 11.4. The number of hydrogen-bond acceptors (Lipinski definition) is 3. The van der Waals surface area contributed by atoms with E-state index in [9.17, 15) is 4.79 Å². The quantitative estimate of drug-likeness (QED) is 0.739. The van der Waals surface area contributed by atoms with Gasteiger partial charge in [0.25, 0.3) is 0 Å². The van der Waals surface area contributed by atoms with Crippen molar-refractivity contribution in [3.63, 3.8) is 0 Å². The highest BCUT2D eigenvalue weighted by Crippen LogP contribution is 2.27. The monoisotopic (exact) mass is 191 g/mol. The summed E-state index contributed by atoms with van der Waals surface area (Å²) >= 11 is 1.57. The first-order chi connectivity index (χ1) is 6.31. The predicted molar refractivity (Wildman–Crippen MR) is 54.8 cm³/mol. The van der Waals surface area contributed by atoms with E-state index in [1.807, 2.05) is 30.3 Å². The fraction of sp³-hybridized carbons (Fsp3) is 0.100. The molecule has 2 nitrogen and oxygen atoms in total. The van der Waals surface area contributed by atoms with Gasteiger partial charge in [-0.2, -0.15) is 0 Å². The van der Waals surface area contributed by atoms with Crippen molar-refractivity contribution in [2.45, 2.75) is 6.04 Å². The first-order valence-electron chi connectivity index (χ1n) is 4.00. The molecule has 0 saturated carbocycles. The molecule has 1 aromatic carbocycles. The Morgan fingerprint density at radius 3 is 2.85 bits per heavy atom. The third-order valence-corrected chi connectivity index (χ3v) is 3.14. The molecular formula is C10H9NOS. The van der Waals surface area contributed by atoms with Crippen LogP contribution in [0, 0.1) is 0 Å². The Balaban J connectivity index is 2.55. The van der Waals surface area contributed by atoms with E-state index >= 15 is 0 Å². The van der Waals surface area contributed by atoms with Gasteiger partial charge in [-0.15, -0.1) is 11.3 Å². The van der Waals surface area contributed by atoms with Crippen LogP contribution in [0.15, 0.2) is 30.3 Å². The van der Waals surface area contributed by atoms with Gasteiger partial charge in [0.15, 0.2) is 0 Å². The zero-order valence-electron chi connectivity index (χ0n) is 6.94. The molecule has 1 atom stereocenters. The van der Waals surface area contributed by atoms with E-state index in [4.69, 9.17) is 5.73 Å². The second-order valence-electron chi connectivity index (χ2n) is 2.85. The molecule has 66 valence electrons. The van der Waals surface area contributed by atoms with Gasteiger partial charge in [0.05, 0.1) is 6.04 Å². The predicted octanol–water partition coefficient (Wildman–Crippen LogP) is 2.10. The molecule has 3 heteroatoms. The Kier molecular flexibility index (Phi) is 2.12. The van der Waals surface area contributed by atoms with E-state index in [-0.39, 0.29) is 0 Å². The maximum atomic E-state index is 10.5. The molecule has 0 fully saturated rings. The highest BCUT2D eigenvalue weighted by molar-refractivity contribution is 7.19. The lowest BCUT2D eigenvalue weighted by molar-refractivity contribution is -0.108. The lowest BCUT2D eigenvalue weighted by atomic mass is 10.2. The summed E-state index contributed by atoms with van der Waals surface area (Å²) in [6.07, 6.45) is 0.769. The number of rotatable bonds is 2. The summed E-state index contributed by atoms with van der Waals surface area (Å²) in [5, 5.41) is 1.15. The number of carbonyl (C=O) groups is 1. The molecule has 0 aliphatic carbocycles.